The molecule has 0 aliphatic rings. The molecule has 0 aliphatic heterocycles. The summed E-state index contributed by atoms with van der Waals surface area (Å²) in [6.45, 7) is 12.2. The summed E-state index contributed by atoms with van der Waals surface area (Å²) < 4.78 is 2.03. The minimum Gasteiger partial charge on any atom is -0.314 e. The van der Waals surface area contributed by atoms with Crippen LogP contribution in [0.4, 0.5) is 0 Å². The van der Waals surface area contributed by atoms with Crippen LogP contribution in [0.3, 0.4) is 0 Å². The third kappa shape index (κ3) is 5.72. The maximum Gasteiger partial charge on any atom is 0.138 e. The second-order valence-electron chi connectivity index (χ2n) is 6.03. The Kier molecular flexibility index (Phi) is 7.06. The van der Waals surface area contributed by atoms with Crippen molar-refractivity contribution in [3.8, 4) is 0 Å². The van der Waals surface area contributed by atoms with E-state index in [0.717, 1.165) is 31.1 Å². The molecule has 1 N–H and O–H groups in total. The predicted octanol–water partition coefficient (Wildman–Crippen LogP) is 3.21. The van der Waals surface area contributed by atoms with E-state index in [0.29, 0.717) is 12.1 Å². The molecule has 0 aliphatic carbocycles. The molecule has 1 aromatic heterocycles. The van der Waals surface area contributed by atoms with E-state index < -0.39 is 0 Å². The Morgan fingerprint density at radius 1 is 1.26 bits per heavy atom. The lowest BCUT2D eigenvalue weighted by molar-refractivity contribution is 0.390. The van der Waals surface area contributed by atoms with Gasteiger partial charge in [-0.1, -0.05) is 20.8 Å². The highest BCUT2D eigenvalue weighted by molar-refractivity contribution is 4.88. The zero-order chi connectivity index (χ0) is 14.3. The summed E-state index contributed by atoms with van der Waals surface area (Å²) in [6.07, 6.45) is 6.24. The van der Waals surface area contributed by atoms with Crippen molar-refractivity contribution in [1.82, 2.24) is 20.1 Å². The summed E-state index contributed by atoms with van der Waals surface area (Å²) in [6, 6.07) is 0.988. The van der Waals surface area contributed by atoms with Gasteiger partial charge < -0.3 is 5.32 Å². The molecular weight excluding hydrogens is 236 g/mol. The molecular formula is C15H30N4. The molecule has 0 fully saturated rings. The molecule has 19 heavy (non-hydrogen) atoms. The molecule has 0 bridgehead atoms. The van der Waals surface area contributed by atoms with Crippen molar-refractivity contribution in [3.05, 3.63) is 12.2 Å². The number of aryl methyl sites for hydroxylation is 1. The normalized spacial score (nSPS) is 13.4. The zero-order valence-corrected chi connectivity index (χ0v) is 13.2. The summed E-state index contributed by atoms with van der Waals surface area (Å²) in [5, 5.41) is 7.96. The largest absolute Gasteiger partial charge is 0.314 e. The van der Waals surface area contributed by atoms with Crippen LogP contribution in [-0.4, -0.2) is 27.4 Å². The number of nitrogens with zero attached hydrogens (tertiary/aromatic N) is 3. The van der Waals surface area contributed by atoms with Gasteiger partial charge in [-0.25, -0.2) is 9.67 Å². The third-order valence-electron chi connectivity index (χ3n) is 3.29. The molecule has 4 nitrogen and oxygen atoms in total. The summed E-state index contributed by atoms with van der Waals surface area (Å²) in [7, 11) is 0. The predicted molar refractivity (Wildman–Crippen MR) is 80.3 cm³/mol. The average molecular weight is 266 g/mol. The van der Waals surface area contributed by atoms with E-state index in [-0.39, 0.29) is 0 Å². The molecule has 4 heteroatoms. The van der Waals surface area contributed by atoms with E-state index in [1.165, 1.54) is 12.8 Å². The zero-order valence-electron chi connectivity index (χ0n) is 13.2. The first kappa shape index (κ1) is 16.2. The highest BCUT2D eigenvalue weighted by atomic mass is 15.3. The quantitative estimate of drug-likeness (QED) is 0.746. The first-order valence-electron chi connectivity index (χ1n) is 7.66. The van der Waals surface area contributed by atoms with Gasteiger partial charge in [-0.15, -0.1) is 0 Å². The fourth-order valence-electron chi connectivity index (χ4n) is 2.41. The van der Waals surface area contributed by atoms with E-state index >= 15 is 0 Å². The molecule has 0 radical (unpaired) electrons. The molecule has 0 spiro atoms. The minimum absolute atomic E-state index is 0.393. The standard InChI is InChI=1S/C15H30N4/c1-6-9-16-14(10-12(2)3)7-8-15-17-11-18-19(15)13(4)5/h11-14,16H,6-10H2,1-5H3. The Morgan fingerprint density at radius 2 is 2.00 bits per heavy atom. The average Bonchev–Trinajstić information content (AvgIpc) is 2.80. The maximum absolute atomic E-state index is 4.39. The van der Waals surface area contributed by atoms with Gasteiger partial charge in [-0.2, -0.15) is 5.10 Å². The topological polar surface area (TPSA) is 42.7 Å². The van der Waals surface area contributed by atoms with Gasteiger partial charge in [0.25, 0.3) is 0 Å². The Hall–Kier alpha value is -0.900. The van der Waals surface area contributed by atoms with Crippen LogP contribution in [-0.2, 0) is 6.42 Å². The molecule has 1 unspecified atom stereocenters. The summed E-state index contributed by atoms with van der Waals surface area (Å²) in [4.78, 5) is 4.39. The Balaban J connectivity index is 2.52. The monoisotopic (exact) mass is 266 g/mol. The first-order valence-corrected chi connectivity index (χ1v) is 7.66. The highest BCUT2D eigenvalue weighted by Gasteiger charge is 2.13. The van der Waals surface area contributed by atoms with Crippen LogP contribution in [0, 0.1) is 5.92 Å². The lowest BCUT2D eigenvalue weighted by Crippen LogP contribution is -2.32. The van der Waals surface area contributed by atoms with Crippen molar-refractivity contribution in [2.45, 2.75) is 72.4 Å². The van der Waals surface area contributed by atoms with Crippen LogP contribution < -0.4 is 5.32 Å². The lowest BCUT2D eigenvalue weighted by Gasteiger charge is -2.20. The Bertz CT molecular complexity index is 344. The van der Waals surface area contributed by atoms with Crippen LogP contribution >= 0.6 is 0 Å². The molecule has 1 aromatic rings. The second-order valence-corrected chi connectivity index (χ2v) is 6.03. The summed E-state index contributed by atoms with van der Waals surface area (Å²) in [5.41, 5.74) is 0. The van der Waals surface area contributed by atoms with Gasteiger partial charge in [-0.3, -0.25) is 0 Å². The molecule has 0 amide bonds. The first-order chi connectivity index (χ1) is 9.04. The van der Waals surface area contributed by atoms with Crippen molar-refractivity contribution >= 4 is 0 Å². The van der Waals surface area contributed by atoms with Gasteiger partial charge in [0.15, 0.2) is 0 Å². The van der Waals surface area contributed by atoms with E-state index in [4.69, 9.17) is 0 Å². The van der Waals surface area contributed by atoms with Crippen molar-refractivity contribution in [3.63, 3.8) is 0 Å². The molecule has 1 atom stereocenters. The van der Waals surface area contributed by atoms with Crippen LogP contribution in [0.2, 0.25) is 0 Å². The molecule has 1 rings (SSSR count). The number of nitrogens with one attached hydrogen (secondary N) is 1. The third-order valence-corrected chi connectivity index (χ3v) is 3.29. The van der Waals surface area contributed by atoms with E-state index in [9.17, 15) is 0 Å². The van der Waals surface area contributed by atoms with Crippen molar-refractivity contribution in [2.24, 2.45) is 5.92 Å². The van der Waals surface area contributed by atoms with Gasteiger partial charge in [0.05, 0.1) is 0 Å². The molecule has 110 valence electrons. The fourth-order valence-corrected chi connectivity index (χ4v) is 2.41. The SMILES string of the molecule is CCCNC(CCc1ncnn1C(C)C)CC(C)C. The number of aromatic nitrogens is 3. The van der Waals surface area contributed by atoms with E-state index in [1.54, 1.807) is 6.33 Å². The van der Waals surface area contributed by atoms with Crippen molar-refractivity contribution in [2.75, 3.05) is 6.54 Å². The molecule has 1 heterocycles. The van der Waals surface area contributed by atoms with Gasteiger partial charge in [-0.05, 0) is 45.6 Å². The Labute approximate surface area is 118 Å². The molecule has 0 saturated heterocycles. The van der Waals surface area contributed by atoms with Crippen molar-refractivity contribution < 1.29 is 0 Å². The molecule has 0 saturated carbocycles. The van der Waals surface area contributed by atoms with Gasteiger partial charge in [0, 0.05) is 18.5 Å². The summed E-state index contributed by atoms with van der Waals surface area (Å²) >= 11 is 0. The van der Waals surface area contributed by atoms with Gasteiger partial charge in [0.2, 0.25) is 0 Å². The summed E-state index contributed by atoms with van der Waals surface area (Å²) in [5.74, 6) is 1.85. The fraction of sp³-hybridized carbons (Fsp3) is 0.867. The number of hydrogen-bond acceptors (Lipinski definition) is 3. The van der Waals surface area contributed by atoms with Gasteiger partial charge >= 0.3 is 0 Å². The second kappa shape index (κ2) is 8.31. The van der Waals surface area contributed by atoms with Gasteiger partial charge in [0.1, 0.15) is 12.2 Å². The van der Waals surface area contributed by atoms with E-state index in [1.807, 2.05) is 4.68 Å². The van der Waals surface area contributed by atoms with E-state index in [2.05, 4.69) is 50.0 Å². The maximum atomic E-state index is 4.39. The van der Waals surface area contributed by atoms with Crippen molar-refractivity contribution in [1.29, 1.82) is 0 Å². The number of rotatable bonds is 9. The van der Waals surface area contributed by atoms with Crippen LogP contribution in [0.5, 0.6) is 0 Å². The van der Waals surface area contributed by atoms with Crippen LogP contribution in [0.25, 0.3) is 0 Å². The lowest BCUT2D eigenvalue weighted by atomic mass is 9.99. The van der Waals surface area contributed by atoms with Crippen LogP contribution in [0.1, 0.15) is 65.7 Å². The number of hydrogen-bond donors (Lipinski definition) is 1. The highest BCUT2D eigenvalue weighted by Crippen LogP contribution is 2.13. The van der Waals surface area contributed by atoms with Crippen LogP contribution in [0.15, 0.2) is 6.33 Å². The smallest absolute Gasteiger partial charge is 0.138 e. The Morgan fingerprint density at radius 3 is 2.58 bits per heavy atom. The molecule has 0 aromatic carbocycles. The minimum atomic E-state index is 0.393.